The Labute approximate surface area is 197 Å². The van der Waals surface area contributed by atoms with Crippen molar-refractivity contribution < 1.29 is 13.2 Å². The van der Waals surface area contributed by atoms with Crippen LogP contribution in [-0.2, 0) is 23.0 Å². The largest absolute Gasteiger partial charge is 0.497 e. The van der Waals surface area contributed by atoms with E-state index in [1.165, 1.54) is 24.0 Å². The van der Waals surface area contributed by atoms with Gasteiger partial charge >= 0.3 is 0 Å². The van der Waals surface area contributed by atoms with Gasteiger partial charge in [-0.15, -0.1) is 24.0 Å². The summed E-state index contributed by atoms with van der Waals surface area (Å²) in [7, 11) is 1.19. The van der Waals surface area contributed by atoms with Gasteiger partial charge in [0.25, 0.3) is 0 Å². The predicted molar refractivity (Wildman–Crippen MR) is 132 cm³/mol. The summed E-state index contributed by atoms with van der Waals surface area (Å²) in [5.41, 5.74) is 1.85. The molecule has 0 spiro atoms. The highest BCUT2D eigenvalue weighted by molar-refractivity contribution is 14.0. The van der Waals surface area contributed by atoms with E-state index in [0.717, 1.165) is 12.2 Å². The van der Waals surface area contributed by atoms with Gasteiger partial charge in [-0.1, -0.05) is 30.3 Å². The Hall–Kier alpha value is -1.85. The Bertz CT molecular complexity index is 916. The molecule has 0 saturated heterocycles. The summed E-state index contributed by atoms with van der Waals surface area (Å²) in [6.07, 6.45) is 0.833. The predicted octanol–water partition coefficient (Wildman–Crippen LogP) is 2.86. The van der Waals surface area contributed by atoms with Crippen molar-refractivity contribution in [1.82, 2.24) is 14.9 Å². The van der Waals surface area contributed by atoms with Crippen LogP contribution in [0.3, 0.4) is 0 Å². The van der Waals surface area contributed by atoms with Gasteiger partial charge in [0.2, 0.25) is 10.0 Å². The molecule has 9 heteroatoms. The lowest BCUT2D eigenvalue weighted by molar-refractivity contribution is 0.414. The van der Waals surface area contributed by atoms with E-state index in [2.05, 4.69) is 15.6 Å². The molecule has 166 valence electrons. The maximum Gasteiger partial charge on any atom is 0.242 e. The number of aliphatic imine (C=N–C) groups is 1. The maximum atomic E-state index is 12.5. The van der Waals surface area contributed by atoms with Gasteiger partial charge in [-0.3, -0.25) is 0 Å². The quantitative estimate of drug-likeness (QED) is 0.287. The SMILES string of the molecule is CCNC(=NCc1ccccc1S(=O)(=O)N(C)C)NCCc1ccc(OC)cc1.I. The molecule has 0 aliphatic rings. The number of ether oxygens (including phenoxy) is 1. The van der Waals surface area contributed by atoms with Crippen LogP contribution in [0.2, 0.25) is 0 Å². The molecule has 7 nitrogen and oxygen atoms in total. The van der Waals surface area contributed by atoms with Crippen molar-refractivity contribution >= 4 is 40.0 Å². The highest BCUT2D eigenvalue weighted by atomic mass is 127. The van der Waals surface area contributed by atoms with Crippen LogP contribution in [0.4, 0.5) is 0 Å². The van der Waals surface area contributed by atoms with E-state index in [1.54, 1.807) is 25.3 Å². The van der Waals surface area contributed by atoms with E-state index >= 15 is 0 Å². The van der Waals surface area contributed by atoms with E-state index in [4.69, 9.17) is 4.74 Å². The molecule has 0 atom stereocenters. The molecule has 2 aromatic rings. The molecule has 0 amide bonds. The highest BCUT2D eigenvalue weighted by Crippen LogP contribution is 2.19. The van der Waals surface area contributed by atoms with E-state index in [-0.39, 0.29) is 35.4 Å². The number of nitrogens with zero attached hydrogens (tertiary/aromatic N) is 2. The zero-order valence-corrected chi connectivity index (χ0v) is 21.0. The minimum absolute atomic E-state index is 0. The van der Waals surface area contributed by atoms with Crippen LogP contribution in [0.5, 0.6) is 5.75 Å². The van der Waals surface area contributed by atoms with E-state index in [9.17, 15) is 8.42 Å². The molecule has 0 aliphatic heterocycles. The monoisotopic (exact) mass is 546 g/mol. The summed E-state index contributed by atoms with van der Waals surface area (Å²) in [4.78, 5) is 4.85. The molecule has 0 radical (unpaired) electrons. The molecule has 2 N–H and O–H groups in total. The second kappa shape index (κ2) is 12.8. The van der Waals surface area contributed by atoms with Gasteiger partial charge in [0.05, 0.1) is 18.6 Å². The summed E-state index contributed by atoms with van der Waals surface area (Å²) >= 11 is 0. The number of sulfonamides is 1. The molecule has 2 rings (SSSR count). The standard InChI is InChI=1S/C21H30N4O3S.HI/c1-5-22-21(23-15-14-17-10-12-19(28-4)13-11-17)24-16-18-8-6-7-9-20(18)29(26,27)25(2)3;/h6-13H,5,14-16H2,1-4H3,(H2,22,23,24);1H. The smallest absolute Gasteiger partial charge is 0.242 e. The summed E-state index contributed by atoms with van der Waals surface area (Å²) in [5, 5.41) is 6.49. The summed E-state index contributed by atoms with van der Waals surface area (Å²) in [6, 6.07) is 14.9. The summed E-state index contributed by atoms with van der Waals surface area (Å²) in [5.74, 6) is 1.49. The Morgan fingerprint density at radius 3 is 2.33 bits per heavy atom. The van der Waals surface area contributed by atoms with Crippen molar-refractivity contribution in [3.63, 3.8) is 0 Å². The molecular formula is C21H31IN4O3S. The first kappa shape index (κ1) is 26.2. The first-order chi connectivity index (χ1) is 13.9. The van der Waals surface area contributed by atoms with Gasteiger partial charge < -0.3 is 15.4 Å². The molecule has 0 aromatic heterocycles. The van der Waals surface area contributed by atoms with Gasteiger partial charge in [0.15, 0.2) is 5.96 Å². The van der Waals surface area contributed by atoms with Crippen LogP contribution in [0.1, 0.15) is 18.1 Å². The van der Waals surface area contributed by atoms with Crippen LogP contribution in [-0.4, -0.2) is 53.0 Å². The van der Waals surface area contributed by atoms with Gasteiger partial charge in [-0.25, -0.2) is 17.7 Å². The molecular weight excluding hydrogens is 515 g/mol. The van der Waals surface area contributed by atoms with Gasteiger partial charge in [0.1, 0.15) is 5.75 Å². The minimum Gasteiger partial charge on any atom is -0.497 e. The Morgan fingerprint density at radius 2 is 1.73 bits per heavy atom. The molecule has 2 aromatic carbocycles. The number of benzene rings is 2. The fourth-order valence-corrected chi connectivity index (χ4v) is 3.81. The zero-order chi connectivity index (χ0) is 21.3. The first-order valence-corrected chi connectivity index (χ1v) is 11.0. The second-order valence-corrected chi connectivity index (χ2v) is 8.74. The van der Waals surface area contributed by atoms with E-state index in [0.29, 0.717) is 24.6 Å². The first-order valence-electron chi connectivity index (χ1n) is 9.54. The van der Waals surface area contributed by atoms with Gasteiger partial charge in [-0.05, 0) is 42.7 Å². The normalized spacial score (nSPS) is 11.7. The Morgan fingerprint density at radius 1 is 1.07 bits per heavy atom. The number of guanidine groups is 1. The van der Waals surface area contributed by atoms with Crippen LogP contribution >= 0.6 is 24.0 Å². The number of hydrogen-bond acceptors (Lipinski definition) is 4. The molecule has 0 unspecified atom stereocenters. The third kappa shape index (κ3) is 7.44. The van der Waals surface area contributed by atoms with Crippen molar-refractivity contribution in [1.29, 1.82) is 0 Å². The van der Waals surface area contributed by atoms with Crippen LogP contribution in [0.25, 0.3) is 0 Å². The topological polar surface area (TPSA) is 83.0 Å². The van der Waals surface area contributed by atoms with Crippen LogP contribution in [0, 0.1) is 0 Å². The van der Waals surface area contributed by atoms with Crippen molar-refractivity contribution in [2.24, 2.45) is 4.99 Å². The molecule has 0 bridgehead atoms. The number of halogens is 1. The van der Waals surface area contributed by atoms with Gasteiger partial charge in [0, 0.05) is 27.2 Å². The fraction of sp³-hybridized carbons (Fsp3) is 0.381. The number of methoxy groups -OCH3 is 1. The molecule has 0 saturated carbocycles. The van der Waals surface area contributed by atoms with Crippen LogP contribution < -0.4 is 15.4 Å². The average molecular weight is 546 g/mol. The third-order valence-electron chi connectivity index (χ3n) is 4.35. The zero-order valence-electron chi connectivity index (χ0n) is 17.9. The van der Waals surface area contributed by atoms with E-state index in [1.807, 2.05) is 37.3 Å². The number of nitrogens with one attached hydrogen (secondary N) is 2. The maximum absolute atomic E-state index is 12.5. The Balaban J connectivity index is 0.00000450. The van der Waals surface area contributed by atoms with Crippen molar-refractivity contribution in [3.8, 4) is 5.75 Å². The average Bonchev–Trinajstić information content (AvgIpc) is 2.72. The lowest BCUT2D eigenvalue weighted by Crippen LogP contribution is -2.38. The summed E-state index contributed by atoms with van der Waals surface area (Å²) in [6.45, 7) is 3.67. The summed E-state index contributed by atoms with van der Waals surface area (Å²) < 4.78 is 31.5. The second-order valence-electron chi connectivity index (χ2n) is 6.62. The van der Waals surface area contributed by atoms with Crippen LogP contribution in [0.15, 0.2) is 58.4 Å². The fourth-order valence-electron chi connectivity index (χ4n) is 2.71. The van der Waals surface area contributed by atoms with Gasteiger partial charge in [-0.2, -0.15) is 0 Å². The third-order valence-corrected chi connectivity index (χ3v) is 6.26. The molecule has 0 heterocycles. The minimum atomic E-state index is -3.51. The van der Waals surface area contributed by atoms with Crippen molar-refractivity contribution in [3.05, 3.63) is 59.7 Å². The number of hydrogen-bond donors (Lipinski definition) is 2. The number of rotatable bonds is 9. The van der Waals surface area contributed by atoms with E-state index < -0.39 is 10.0 Å². The lowest BCUT2D eigenvalue weighted by Gasteiger charge is -2.15. The molecule has 30 heavy (non-hydrogen) atoms. The molecule has 0 aliphatic carbocycles. The molecule has 0 fully saturated rings. The Kier molecular flexibility index (Phi) is 11.1. The van der Waals surface area contributed by atoms with Crippen molar-refractivity contribution in [2.75, 3.05) is 34.3 Å². The lowest BCUT2D eigenvalue weighted by atomic mass is 10.1. The van der Waals surface area contributed by atoms with Crippen molar-refractivity contribution in [2.45, 2.75) is 24.8 Å². The highest BCUT2D eigenvalue weighted by Gasteiger charge is 2.20.